The minimum absolute atomic E-state index is 0.0490. The fourth-order valence-electron chi connectivity index (χ4n) is 5.04. The van der Waals surface area contributed by atoms with Crippen LogP contribution in [0.4, 0.5) is 0 Å². The van der Waals surface area contributed by atoms with Crippen molar-refractivity contribution in [3.63, 3.8) is 0 Å². The third-order valence-electron chi connectivity index (χ3n) is 8.38. The molecule has 0 aromatic rings. The summed E-state index contributed by atoms with van der Waals surface area (Å²) in [5.41, 5.74) is 0. The molecule has 0 aliphatic heterocycles. The van der Waals surface area contributed by atoms with E-state index >= 15 is 0 Å². The Hall–Kier alpha value is -3.33. The maximum absolute atomic E-state index is 12.7. The van der Waals surface area contributed by atoms with E-state index in [0.717, 1.165) is 89.9 Å². The number of rotatable bonds is 37. The van der Waals surface area contributed by atoms with Gasteiger partial charge in [-0.1, -0.05) is 149 Å². The van der Waals surface area contributed by atoms with E-state index in [1.807, 2.05) is 51.5 Å². The first-order valence-electron chi connectivity index (χ1n) is 21.6. The van der Waals surface area contributed by atoms with Crippen LogP contribution in [0.15, 0.2) is 109 Å². The molecule has 0 aliphatic carbocycles. The Morgan fingerprint density at radius 2 is 1.02 bits per heavy atom. The van der Waals surface area contributed by atoms with Gasteiger partial charge in [0.2, 0.25) is 0 Å². The normalized spacial score (nSPS) is 14.7. The molecule has 1 unspecified atom stereocenters. The molecular weight excluding hydrogens is 750 g/mol. The lowest BCUT2D eigenvalue weighted by Gasteiger charge is -2.28. The van der Waals surface area contributed by atoms with E-state index < -0.39 is 32.5 Å². The van der Waals surface area contributed by atoms with Crippen molar-refractivity contribution in [3.05, 3.63) is 109 Å². The first-order chi connectivity index (χ1) is 28.0. The number of phosphoric acid groups is 1. The summed E-state index contributed by atoms with van der Waals surface area (Å²) >= 11 is 0. The van der Waals surface area contributed by atoms with E-state index in [2.05, 4.69) is 92.8 Å². The second kappa shape index (κ2) is 39.1. The lowest BCUT2D eigenvalue weighted by molar-refractivity contribution is -0.870. The first kappa shape index (κ1) is 54.7. The molecule has 2 atom stereocenters. The van der Waals surface area contributed by atoms with Crippen LogP contribution in [0.25, 0.3) is 0 Å². The van der Waals surface area contributed by atoms with Crippen molar-refractivity contribution in [1.29, 1.82) is 0 Å². The number of quaternary nitrogens is 1. The van der Waals surface area contributed by atoms with Crippen molar-refractivity contribution in [2.24, 2.45) is 0 Å². The highest BCUT2D eigenvalue weighted by atomic mass is 31.2. The SMILES string of the molecule is CC/C=C/C=C/C=C/C=C/CCCCCCCC(=O)OC[C@H](COP(=O)([O-])OCC[N+](C)(C)C)OC(=O)CCCCC/C=C/C/C=C/C/C=C/C/C=C/C/C=C/CC. The minimum atomic E-state index is -4.65. The Morgan fingerprint density at radius 3 is 1.60 bits per heavy atom. The van der Waals surface area contributed by atoms with Gasteiger partial charge in [0.15, 0.2) is 6.10 Å². The van der Waals surface area contributed by atoms with E-state index in [1.165, 1.54) is 0 Å². The van der Waals surface area contributed by atoms with Crippen molar-refractivity contribution in [2.75, 3.05) is 47.5 Å². The molecule has 0 rings (SSSR count). The largest absolute Gasteiger partial charge is 0.756 e. The van der Waals surface area contributed by atoms with Gasteiger partial charge in [-0.15, -0.1) is 0 Å². The average molecular weight is 828 g/mol. The monoisotopic (exact) mass is 828 g/mol. The van der Waals surface area contributed by atoms with E-state index in [9.17, 15) is 19.0 Å². The van der Waals surface area contributed by atoms with E-state index in [0.29, 0.717) is 23.9 Å². The first-order valence-corrected chi connectivity index (χ1v) is 23.1. The lowest BCUT2D eigenvalue weighted by Crippen LogP contribution is -2.37. The van der Waals surface area contributed by atoms with Gasteiger partial charge in [-0.2, -0.15) is 0 Å². The molecule has 0 bridgehead atoms. The van der Waals surface area contributed by atoms with Crippen molar-refractivity contribution in [3.8, 4) is 0 Å². The van der Waals surface area contributed by atoms with Crippen LogP contribution < -0.4 is 4.89 Å². The fourth-order valence-corrected chi connectivity index (χ4v) is 5.77. The summed E-state index contributed by atoms with van der Waals surface area (Å²) in [6.45, 7) is 3.87. The van der Waals surface area contributed by atoms with Gasteiger partial charge in [0.25, 0.3) is 7.82 Å². The fraction of sp³-hybridized carbons (Fsp3) is 0.583. The summed E-state index contributed by atoms with van der Waals surface area (Å²) in [4.78, 5) is 37.5. The third-order valence-corrected chi connectivity index (χ3v) is 9.35. The third kappa shape index (κ3) is 42.3. The van der Waals surface area contributed by atoms with Gasteiger partial charge >= 0.3 is 11.9 Å². The molecule has 0 fully saturated rings. The number of ether oxygens (including phenoxy) is 2. The Kier molecular flexibility index (Phi) is 36.9. The van der Waals surface area contributed by atoms with Crippen LogP contribution >= 0.6 is 7.82 Å². The minimum Gasteiger partial charge on any atom is -0.756 e. The maximum Gasteiger partial charge on any atom is 0.306 e. The van der Waals surface area contributed by atoms with Crippen LogP contribution in [0, 0.1) is 0 Å². The van der Waals surface area contributed by atoms with Gasteiger partial charge in [-0.05, 0) is 77.0 Å². The number of allylic oxidation sites excluding steroid dienone is 18. The predicted molar refractivity (Wildman–Crippen MR) is 240 cm³/mol. The second-order valence-electron chi connectivity index (χ2n) is 15.0. The van der Waals surface area contributed by atoms with Crippen molar-refractivity contribution in [2.45, 2.75) is 136 Å². The zero-order valence-electron chi connectivity index (χ0n) is 36.7. The van der Waals surface area contributed by atoms with Gasteiger partial charge in [0.1, 0.15) is 19.8 Å². The molecule has 0 aromatic carbocycles. The van der Waals surface area contributed by atoms with E-state index in [1.54, 1.807) is 0 Å². The zero-order chi connectivity index (χ0) is 42.8. The Balaban J connectivity index is 4.51. The van der Waals surface area contributed by atoms with Crippen LogP contribution in [0.5, 0.6) is 0 Å². The molecule has 0 N–H and O–H groups in total. The molecule has 0 radical (unpaired) electrons. The van der Waals surface area contributed by atoms with E-state index in [-0.39, 0.29) is 26.1 Å². The summed E-state index contributed by atoms with van der Waals surface area (Å²) in [5.74, 6) is -0.914. The summed E-state index contributed by atoms with van der Waals surface area (Å²) < 4.78 is 33.8. The van der Waals surface area contributed by atoms with Gasteiger partial charge < -0.3 is 27.9 Å². The molecule has 10 heteroatoms. The van der Waals surface area contributed by atoms with Crippen LogP contribution in [0.3, 0.4) is 0 Å². The number of esters is 2. The van der Waals surface area contributed by atoms with Crippen LogP contribution in [-0.2, 0) is 32.7 Å². The Morgan fingerprint density at radius 1 is 0.552 bits per heavy atom. The number of carbonyl (C=O) groups is 2. The summed E-state index contributed by atoms with van der Waals surface area (Å²) in [7, 11) is 1.10. The number of carbonyl (C=O) groups excluding carboxylic acids is 2. The zero-order valence-corrected chi connectivity index (χ0v) is 37.6. The van der Waals surface area contributed by atoms with Crippen molar-refractivity contribution >= 4 is 19.8 Å². The number of unbranched alkanes of at least 4 members (excludes halogenated alkanes) is 8. The molecule has 0 saturated heterocycles. The predicted octanol–water partition coefficient (Wildman–Crippen LogP) is 11.7. The number of hydrogen-bond acceptors (Lipinski definition) is 8. The molecule has 0 aromatic heterocycles. The Labute approximate surface area is 353 Å². The van der Waals surface area contributed by atoms with Gasteiger partial charge in [0, 0.05) is 12.8 Å². The van der Waals surface area contributed by atoms with E-state index in [4.69, 9.17) is 18.5 Å². The molecule has 9 nitrogen and oxygen atoms in total. The molecule has 0 saturated carbocycles. The molecule has 0 spiro atoms. The highest BCUT2D eigenvalue weighted by Gasteiger charge is 2.21. The number of nitrogens with zero attached hydrogens (tertiary/aromatic N) is 1. The molecule has 0 aliphatic rings. The van der Waals surface area contributed by atoms with Crippen LogP contribution in [-0.4, -0.2) is 70.0 Å². The summed E-state index contributed by atoms with van der Waals surface area (Å²) in [6, 6.07) is 0. The summed E-state index contributed by atoms with van der Waals surface area (Å²) in [5, 5.41) is 0. The van der Waals surface area contributed by atoms with Crippen molar-refractivity contribution in [1.82, 2.24) is 0 Å². The Bertz CT molecular complexity index is 1350. The molecule has 328 valence electrons. The maximum atomic E-state index is 12.7. The standard InChI is InChI=1S/C48H78NO8P/c1-6-8-10-12-14-16-18-20-22-23-24-25-27-29-31-33-35-37-39-41-48(51)57-46(45-56-58(52,53)55-43-42-49(3,4)5)44-54-47(50)40-38-36-34-32-30-28-26-21-19-17-15-13-11-9-7-2/h8-11,13-17,19-22,24-26,29,31,46H,6-7,12,18,23,27-28,30,32-45H2,1-5H3/b10-8+,11-9+,15-13+,16-14+,19-17+,22-20+,25-24+,26-21+,31-29+/t46-/m1/s1. The second-order valence-corrected chi connectivity index (χ2v) is 16.4. The molecule has 0 amide bonds. The van der Waals surface area contributed by atoms with Crippen LogP contribution in [0.1, 0.15) is 129 Å². The van der Waals surface area contributed by atoms with Gasteiger partial charge in [0.05, 0.1) is 27.7 Å². The average Bonchev–Trinajstić information content (AvgIpc) is 3.17. The highest BCUT2D eigenvalue weighted by Crippen LogP contribution is 2.38. The summed E-state index contributed by atoms with van der Waals surface area (Å²) in [6.07, 6.45) is 52.6. The lowest BCUT2D eigenvalue weighted by atomic mass is 10.1. The molecule has 58 heavy (non-hydrogen) atoms. The van der Waals surface area contributed by atoms with Crippen molar-refractivity contribution < 1.29 is 42.1 Å². The smallest absolute Gasteiger partial charge is 0.306 e. The highest BCUT2D eigenvalue weighted by molar-refractivity contribution is 7.45. The molecule has 0 heterocycles. The quantitative estimate of drug-likeness (QED) is 0.0152. The van der Waals surface area contributed by atoms with Gasteiger partial charge in [-0.25, -0.2) is 0 Å². The topological polar surface area (TPSA) is 111 Å². The van der Waals surface area contributed by atoms with Gasteiger partial charge in [-0.3, -0.25) is 14.2 Å². The van der Waals surface area contributed by atoms with Crippen LogP contribution in [0.2, 0.25) is 0 Å². The number of hydrogen-bond donors (Lipinski definition) is 0. The number of likely N-dealkylation sites (N-methyl/N-ethyl adjacent to an activating group) is 1. The number of phosphoric ester groups is 1. The molecular formula is C48H78NO8P.